The predicted octanol–water partition coefficient (Wildman–Crippen LogP) is 4.59. The van der Waals surface area contributed by atoms with E-state index in [2.05, 4.69) is 0 Å². The Hall–Kier alpha value is -2.10. The largest absolute Gasteiger partial charge is 0.506 e. The van der Waals surface area contributed by atoms with E-state index in [1.807, 2.05) is 39.8 Å². The van der Waals surface area contributed by atoms with E-state index in [-0.39, 0.29) is 28.8 Å². The quantitative estimate of drug-likeness (QED) is 0.598. The van der Waals surface area contributed by atoms with Gasteiger partial charge in [0, 0.05) is 5.92 Å². The maximum atomic E-state index is 13.3. The van der Waals surface area contributed by atoms with Gasteiger partial charge in [-0.15, -0.1) is 0 Å². The average molecular weight is 344 g/mol. The number of rotatable bonds is 4. The molecular formula is C21H28O4. The standard InChI is InChI=1S/C21H28O4/c1-12(2)8-11-21(7)18(24)15(16(22)13(3)4)17(23)14-9-10-20(5,6)25-19(14)21/h8-10,13,23H,11H2,1-7H3/t21-/m1/s1. The first-order valence-electron chi connectivity index (χ1n) is 8.69. The van der Waals surface area contributed by atoms with Crippen LogP contribution in [-0.2, 0) is 14.3 Å². The third-order valence-corrected chi connectivity index (χ3v) is 4.67. The summed E-state index contributed by atoms with van der Waals surface area (Å²) in [7, 11) is 0. The molecular weight excluding hydrogens is 316 g/mol. The average Bonchev–Trinajstić information content (AvgIpc) is 2.50. The van der Waals surface area contributed by atoms with Crippen LogP contribution in [0, 0.1) is 11.3 Å². The molecule has 1 atom stereocenters. The van der Waals surface area contributed by atoms with Crippen LogP contribution in [0.5, 0.6) is 0 Å². The van der Waals surface area contributed by atoms with Crippen LogP contribution in [0.15, 0.2) is 46.5 Å². The molecule has 0 fully saturated rings. The topological polar surface area (TPSA) is 63.6 Å². The number of ketones is 2. The smallest absolute Gasteiger partial charge is 0.183 e. The van der Waals surface area contributed by atoms with Crippen LogP contribution in [0.4, 0.5) is 0 Å². The summed E-state index contributed by atoms with van der Waals surface area (Å²) in [6, 6.07) is 0. The Kier molecular flexibility index (Phi) is 4.86. The summed E-state index contributed by atoms with van der Waals surface area (Å²) >= 11 is 0. The second kappa shape index (κ2) is 6.32. The summed E-state index contributed by atoms with van der Waals surface area (Å²) in [4.78, 5) is 25.9. The maximum absolute atomic E-state index is 13.3. The summed E-state index contributed by atoms with van der Waals surface area (Å²) in [5.74, 6) is -0.900. The lowest BCUT2D eigenvalue weighted by Crippen LogP contribution is -2.43. The SMILES string of the molecule is CC(C)=CC[C@]1(C)C(=O)C(C(=O)C(C)C)=C(O)C2=C1OC(C)(C)C=C2. The third kappa shape index (κ3) is 3.35. The Bertz CT molecular complexity index is 740. The minimum Gasteiger partial charge on any atom is -0.506 e. The van der Waals surface area contributed by atoms with E-state index >= 15 is 0 Å². The van der Waals surface area contributed by atoms with Crippen LogP contribution < -0.4 is 0 Å². The fourth-order valence-electron chi connectivity index (χ4n) is 3.04. The van der Waals surface area contributed by atoms with Crippen LogP contribution in [0.3, 0.4) is 0 Å². The normalized spacial score (nSPS) is 25.0. The van der Waals surface area contributed by atoms with Gasteiger partial charge in [0.05, 0.1) is 11.0 Å². The lowest BCUT2D eigenvalue weighted by molar-refractivity contribution is -0.129. The number of hydrogen-bond donors (Lipinski definition) is 1. The van der Waals surface area contributed by atoms with Crippen LogP contribution >= 0.6 is 0 Å². The molecule has 1 aliphatic heterocycles. The Labute approximate surface area is 149 Å². The number of carbonyl (C=O) groups is 2. The van der Waals surface area contributed by atoms with Crippen molar-refractivity contribution in [3.63, 3.8) is 0 Å². The fraction of sp³-hybridized carbons (Fsp3) is 0.524. The zero-order valence-corrected chi connectivity index (χ0v) is 16.2. The van der Waals surface area contributed by atoms with Gasteiger partial charge in [0.1, 0.15) is 22.7 Å². The van der Waals surface area contributed by atoms with Gasteiger partial charge in [0.25, 0.3) is 0 Å². The van der Waals surface area contributed by atoms with Crippen molar-refractivity contribution in [1.29, 1.82) is 0 Å². The number of hydrogen-bond acceptors (Lipinski definition) is 4. The van der Waals surface area contributed by atoms with Crippen molar-refractivity contribution < 1.29 is 19.4 Å². The molecule has 0 aromatic carbocycles. The van der Waals surface area contributed by atoms with Crippen molar-refractivity contribution in [2.45, 2.75) is 60.5 Å². The van der Waals surface area contributed by atoms with Gasteiger partial charge in [-0.2, -0.15) is 0 Å². The molecule has 1 heterocycles. The Balaban J connectivity index is 2.71. The van der Waals surface area contributed by atoms with Gasteiger partial charge < -0.3 is 9.84 Å². The van der Waals surface area contributed by atoms with E-state index in [0.29, 0.717) is 17.8 Å². The minimum atomic E-state index is -1.01. The van der Waals surface area contributed by atoms with E-state index in [1.165, 1.54) is 0 Å². The van der Waals surface area contributed by atoms with Gasteiger partial charge in [-0.1, -0.05) is 25.5 Å². The number of carbonyl (C=O) groups excluding carboxylic acids is 2. The molecule has 136 valence electrons. The maximum Gasteiger partial charge on any atom is 0.183 e. The van der Waals surface area contributed by atoms with Crippen molar-refractivity contribution in [3.05, 3.63) is 46.5 Å². The second-order valence-electron chi connectivity index (χ2n) is 8.17. The molecule has 0 spiro atoms. The Morgan fingerprint density at radius 2 is 1.88 bits per heavy atom. The van der Waals surface area contributed by atoms with Gasteiger partial charge in [0.15, 0.2) is 11.6 Å². The first kappa shape index (κ1) is 19.2. The van der Waals surface area contributed by atoms with Crippen LogP contribution in [0.1, 0.15) is 54.9 Å². The second-order valence-corrected chi connectivity index (χ2v) is 8.17. The lowest BCUT2D eigenvalue weighted by atomic mass is 9.69. The number of aliphatic hydroxyl groups is 1. The van der Waals surface area contributed by atoms with Crippen LogP contribution in [-0.4, -0.2) is 22.3 Å². The summed E-state index contributed by atoms with van der Waals surface area (Å²) in [5, 5.41) is 10.7. The molecule has 0 radical (unpaired) electrons. The zero-order chi connectivity index (χ0) is 19.2. The predicted molar refractivity (Wildman–Crippen MR) is 98.0 cm³/mol. The zero-order valence-electron chi connectivity index (χ0n) is 16.2. The van der Waals surface area contributed by atoms with E-state index in [1.54, 1.807) is 26.8 Å². The highest BCUT2D eigenvalue weighted by Crippen LogP contribution is 2.48. The monoisotopic (exact) mass is 344 g/mol. The summed E-state index contributed by atoms with van der Waals surface area (Å²) < 4.78 is 6.09. The van der Waals surface area contributed by atoms with Gasteiger partial charge in [-0.3, -0.25) is 9.59 Å². The van der Waals surface area contributed by atoms with E-state index in [9.17, 15) is 14.7 Å². The lowest BCUT2D eigenvalue weighted by Gasteiger charge is -2.41. The minimum absolute atomic E-state index is 0.105. The van der Waals surface area contributed by atoms with Crippen molar-refractivity contribution in [1.82, 2.24) is 0 Å². The van der Waals surface area contributed by atoms with Gasteiger partial charge in [-0.05, 0) is 53.2 Å². The van der Waals surface area contributed by atoms with Crippen molar-refractivity contribution in [3.8, 4) is 0 Å². The van der Waals surface area contributed by atoms with Gasteiger partial charge >= 0.3 is 0 Å². The Morgan fingerprint density at radius 1 is 1.28 bits per heavy atom. The molecule has 4 heteroatoms. The van der Waals surface area contributed by atoms with Crippen LogP contribution in [0.2, 0.25) is 0 Å². The first-order chi connectivity index (χ1) is 11.4. The highest BCUT2D eigenvalue weighted by molar-refractivity contribution is 6.24. The molecule has 2 aliphatic rings. The fourth-order valence-corrected chi connectivity index (χ4v) is 3.04. The molecule has 0 unspecified atom stereocenters. The van der Waals surface area contributed by atoms with Crippen molar-refractivity contribution >= 4 is 11.6 Å². The first-order valence-corrected chi connectivity index (χ1v) is 8.69. The third-order valence-electron chi connectivity index (χ3n) is 4.67. The summed E-state index contributed by atoms with van der Waals surface area (Å²) in [6.07, 6.45) is 5.97. The molecule has 0 amide bonds. The molecule has 4 nitrogen and oxygen atoms in total. The molecule has 1 N–H and O–H groups in total. The van der Waals surface area contributed by atoms with Gasteiger partial charge in [0.2, 0.25) is 0 Å². The number of Topliss-reactive ketones (excluding diaryl/α,β-unsaturated/α-hetero) is 2. The molecule has 1 aliphatic carbocycles. The summed E-state index contributed by atoms with van der Waals surface area (Å²) in [6.45, 7) is 13.0. The molecule has 25 heavy (non-hydrogen) atoms. The van der Waals surface area contributed by atoms with Gasteiger partial charge in [-0.25, -0.2) is 0 Å². The van der Waals surface area contributed by atoms with E-state index in [0.717, 1.165) is 5.57 Å². The molecule has 0 aromatic heterocycles. The number of aliphatic hydroxyl groups excluding tert-OH is 1. The molecule has 0 saturated carbocycles. The molecule has 0 bridgehead atoms. The number of ether oxygens (including phenoxy) is 1. The molecule has 0 saturated heterocycles. The van der Waals surface area contributed by atoms with E-state index in [4.69, 9.17) is 4.74 Å². The van der Waals surface area contributed by atoms with E-state index < -0.39 is 11.0 Å². The van der Waals surface area contributed by atoms with Crippen molar-refractivity contribution in [2.75, 3.05) is 0 Å². The number of allylic oxidation sites excluding steroid dienone is 5. The van der Waals surface area contributed by atoms with Crippen LogP contribution in [0.25, 0.3) is 0 Å². The van der Waals surface area contributed by atoms with Crippen molar-refractivity contribution in [2.24, 2.45) is 11.3 Å². The molecule has 2 rings (SSSR count). The highest BCUT2D eigenvalue weighted by Gasteiger charge is 2.50. The molecule has 0 aromatic rings. The summed E-state index contributed by atoms with van der Waals surface area (Å²) in [5.41, 5.74) is -0.178. The Morgan fingerprint density at radius 3 is 2.40 bits per heavy atom. The highest BCUT2D eigenvalue weighted by atomic mass is 16.5.